The molecule has 0 spiro atoms. The number of aliphatic hydroxyl groups excluding tert-OH is 1. The van der Waals surface area contributed by atoms with E-state index in [1.54, 1.807) is 6.92 Å². The van der Waals surface area contributed by atoms with Gasteiger partial charge in [-0.25, -0.2) is 0 Å². The van der Waals surface area contributed by atoms with Crippen LogP contribution >= 0.6 is 11.6 Å². The molecular formula is C10H13ClO2. The SMILES string of the molecule is CC(O)COCc1ccc(Cl)cc1. The summed E-state index contributed by atoms with van der Waals surface area (Å²) >= 11 is 5.72. The maximum atomic E-state index is 8.93. The first-order valence-corrected chi connectivity index (χ1v) is 4.56. The Morgan fingerprint density at radius 3 is 2.54 bits per heavy atom. The summed E-state index contributed by atoms with van der Waals surface area (Å²) in [6.07, 6.45) is -0.410. The molecule has 0 amide bonds. The van der Waals surface area contributed by atoms with Gasteiger partial charge in [-0.2, -0.15) is 0 Å². The van der Waals surface area contributed by atoms with Crippen molar-refractivity contribution >= 4 is 11.6 Å². The van der Waals surface area contributed by atoms with Gasteiger partial charge in [-0.3, -0.25) is 0 Å². The van der Waals surface area contributed by atoms with E-state index in [-0.39, 0.29) is 0 Å². The van der Waals surface area contributed by atoms with E-state index < -0.39 is 6.10 Å². The number of hydrogen-bond acceptors (Lipinski definition) is 2. The number of benzene rings is 1. The van der Waals surface area contributed by atoms with Crippen molar-refractivity contribution in [3.63, 3.8) is 0 Å². The van der Waals surface area contributed by atoms with Crippen LogP contribution in [0.15, 0.2) is 24.3 Å². The summed E-state index contributed by atoms with van der Waals surface area (Å²) in [5, 5.41) is 9.65. The molecular weight excluding hydrogens is 188 g/mol. The van der Waals surface area contributed by atoms with Crippen LogP contribution in [0.4, 0.5) is 0 Å². The monoisotopic (exact) mass is 200 g/mol. The van der Waals surface area contributed by atoms with Crippen LogP contribution in [0.2, 0.25) is 5.02 Å². The van der Waals surface area contributed by atoms with Crippen LogP contribution in [-0.4, -0.2) is 17.8 Å². The Labute approximate surface area is 83.1 Å². The fraction of sp³-hybridized carbons (Fsp3) is 0.400. The lowest BCUT2D eigenvalue weighted by Crippen LogP contribution is -2.09. The molecule has 1 aromatic rings. The molecule has 3 heteroatoms. The fourth-order valence-electron chi connectivity index (χ4n) is 0.928. The van der Waals surface area contributed by atoms with Gasteiger partial charge in [-0.05, 0) is 24.6 Å². The number of halogens is 1. The molecule has 1 atom stereocenters. The van der Waals surface area contributed by atoms with E-state index in [1.807, 2.05) is 24.3 Å². The molecule has 0 heterocycles. The number of ether oxygens (including phenoxy) is 1. The minimum Gasteiger partial charge on any atom is -0.391 e. The standard InChI is InChI=1S/C10H13ClO2/c1-8(12)6-13-7-9-2-4-10(11)5-3-9/h2-5,8,12H,6-7H2,1H3. The molecule has 0 saturated heterocycles. The molecule has 72 valence electrons. The van der Waals surface area contributed by atoms with Gasteiger partial charge in [0, 0.05) is 5.02 Å². The smallest absolute Gasteiger partial charge is 0.0745 e. The molecule has 0 aliphatic heterocycles. The van der Waals surface area contributed by atoms with Crippen LogP contribution in [0.3, 0.4) is 0 Å². The summed E-state index contributed by atoms with van der Waals surface area (Å²) in [7, 11) is 0. The highest BCUT2D eigenvalue weighted by atomic mass is 35.5. The van der Waals surface area contributed by atoms with Crippen LogP contribution in [0.5, 0.6) is 0 Å². The second-order valence-corrected chi connectivity index (χ2v) is 3.43. The summed E-state index contributed by atoms with van der Waals surface area (Å²) in [4.78, 5) is 0. The van der Waals surface area contributed by atoms with Gasteiger partial charge >= 0.3 is 0 Å². The average Bonchev–Trinajstić information content (AvgIpc) is 2.08. The van der Waals surface area contributed by atoms with Gasteiger partial charge < -0.3 is 9.84 Å². The van der Waals surface area contributed by atoms with Gasteiger partial charge in [0.05, 0.1) is 19.3 Å². The average molecular weight is 201 g/mol. The molecule has 1 N–H and O–H groups in total. The molecule has 0 fully saturated rings. The van der Waals surface area contributed by atoms with Crippen molar-refractivity contribution in [2.24, 2.45) is 0 Å². The number of rotatable bonds is 4. The van der Waals surface area contributed by atoms with Crippen molar-refractivity contribution in [2.45, 2.75) is 19.6 Å². The summed E-state index contributed by atoms with van der Waals surface area (Å²) in [5.41, 5.74) is 1.06. The van der Waals surface area contributed by atoms with Gasteiger partial charge in [0.15, 0.2) is 0 Å². The predicted molar refractivity (Wildman–Crippen MR) is 52.8 cm³/mol. The van der Waals surface area contributed by atoms with Crippen molar-refractivity contribution < 1.29 is 9.84 Å². The van der Waals surface area contributed by atoms with Crippen molar-refractivity contribution in [3.05, 3.63) is 34.9 Å². The summed E-state index contributed by atoms with van der Waals surface area (Å²) in [6, 6.07) is 7.46. The fourth-order valence-corrected chi connectivity index (χ4v) is 1.05. The van der Waals surface area contributed by atoms with Gasteiger partial charge in [0.1, 0.15) is 0 Å². The van der Waals surface area contributed by atoms with Crippen LogP contribution in [0.25, 0.3) is 0 Å². The highest BCUT2D eigenvalue weighted by molar-refractivity contribution is 6.30. The Morgan fingerprint density at radius 1 is 1.38 bits per heavy atom. The first-order chi connectivity index (χ1) is 6.18. The summed E-state index contributed by atoms with van der Waals surface area (Å²) < 4.78 is 5.23. The minimum atomic E-state index is -0.410. The molecule has 0 radical (unpaired) electrons. The molecule has 0 bridgehead atoms. The maximum Gasteiger partial charge on any atom is 0.0745 e. The van der Waals surface area contributed by atoms with Crippen molar-refractivity contribution in [2.75, 3.05) is 6.61 Å². The Morgan fingerprint density at radius 2 is 2.00 bits per heavy atom. The zero-order valence-electron chi connectivity index (χ0n) is 7.53. The first-order valence-electron chi connectivity index (χ1n) is 4.19. The van der Waals surface area contributed by atoms with Crippen molar-refractivity contribution in [3.8, 4) is 0 Å². The summed E-state index contributed by atoms with van der Waals surface area (Å²) in [5.74, 6) is 0. The van der Waals surface area contributed by atoms with E-state index in [0.29, 0.717) is 13.2 Å². The third-order valence-electron chi connectivity index (χ3n) is 1.54. The van der Waals surface area contributed by atoms with Gasteiger partial charge in [-0.1, -0.05) is 23.7 Å². The molecule has 0 saturated carbocycles. The van der Waals surface area contributed by atoms with Gasteiger partial charge in [0.25, 0.3) is 0 Å². The Hall–Kier alpha value is -0.570. The van der Waals surface area contributed by atoms with E-state index in [0.717, 1.165) is 10.6 Å². The van der Waals surface area contributed by atoms with E-state index in [1.165, 1.54) is 0 Å². The normalized spacial score (nSPS) is 12.8. The lowest BCUT2D eigenvalue weighted by molar-refractivity contribution is 0.0376. The van der Waals surface area contributed by atoms with Crippen LogP contribution in [-0.2, 0) is 11.3 Å². The molecule has 1 unspecified atom stereocenters. The second kappa shape index (κ2) is 5.22. The predicted octanol–water partition coefficient (Wildman–Crippen LogP) is 2.24. The Balaban J connectivity index is 2.33. The van der Waals surface area contributed by atoms with Gasteiger partial charge in [-0.15, -0.1) is 0 Å². The molecule has 0 aromatic heterocycles. The molecule has 1 aromatic carbocycles. The summed E-state index contributed by atoms with van der Waals surface area (Å²) in [6.45, 7) is 2.58. The Bertz CT molecular complexity index is 244. The molecule has 13 heavy (non-hydrogen) atoms. The van der Waals surface area contributed by atoms with Crippen molar-refractivity contribution in [1.82, 2.24) is 0 Å². The molecule has 1 rings (SSSR count). The lowest BCUT2D eigenvalue weighted by atomic mass is 10.2. The third-order valence-corrected chi connectivity index (χ3v) is 1.79. The van der Waals surface area contributed by atoms with E-state index >= 15 is 0 Å². The molecule has 0 aliphatic rings. The van der Waals surface area contributed by atoms with E-state index in [9.17, 15) is 0 Å². The Kier molecular flexibility index (Phi) is 4.22. The van der Waals surface area contributed by atoms with Gasteiger partial charge in [0.2, 0.25) is 0 Å². The number of aliphatic hydroxyl groups is 1. The van der Waals surface area contributed by atoms with E-state index in [4.69, 9.17) is 21.4 Å². The first kappa shape index (κ1) is 10.5. The number of hydrogen-bond donors (Lipinski definition) is 1. The quantitative estimate of drug-likeness (QED) is 0.808. The maximum absolute atomic E-state index is 8.93. The molecule has 2 nitrogen and oxygen atoms in total. The second-order valence-electron chi connectivity index (χ2n) is 2.99. The molecule has 0 aliphatic carbocycles. The topological polar surface area (TPSA) is 29.5 Å². The third kappa shape index (κ3) is 4.27. The minimum absolute atomic E-state index is 0.364. The lowest BCUT2D eigenvalue weighted by Gasteiger charge is -2.05. The highest BCUT2D eigenvalue weighted by Crippen LogP contribution is 2.10. The highest BCUT2D eigenvalue weighted by Gasteiger charge is 1.96. The van der Waals surface area contributed by atoms with Crippen LogP contribution in [0.1, 0.15) is 12.5 Å². The largest absolute Gasteiger partial charge is 0.391 e. The van der Waals surface area contributed by atoms with Crippen LogP contribution in [0, 0.1) is 0 Å². The van der Waals surface area contributed by atoms with Crippen molar-refractivity contribution in [1.29, 1.82) is 0 Å². The zero-order chi connectivity index (χ0) is 9.68. The zero-order valence-corrected chi connectivity index (χ0v) is 8.29. The van der Waals surface area contributed by atoms with E-state index in [2.05, 4.69) is 0 Å². The van der Waals surface area contributed by atoms with Crippen LogP contribution < -0.4 is 0 Å².